The first-order valence-electron chi connectivity index (χ1n) is 8.30. The van der Waals surface area contributed by atoms with Gasteiger partial charge in [0, 0.05) is 32.7 Å². The maximum Gasteiger partial charge on any atom is 0.237 e. The van der Waals surface area contributed by atoms with Crippen LogP contribution in [-0.4, -0.2) is 61.3 Å². The van der Waals surface area contributed by atoms with Crippen LogP contribution in [0.4, 0.5) is 0 Å². The lowest BCUT2D eigenvalue weighted by Gasteiger charge is -2.36. The van der Waals surface area contributed by atoms with Crippen LogP contribution in [0.1, 0.15) is 19.4 Å². The van der Waals surface area contributed by atoms with Crippen molar-refractivity contribution in [1.82, 2.24) is 15.1 Å². The summed E-state index contributed by atoms with van der Waals surface area (Å²) in [5.74, 6) is 1.59. The molecule has 1 aromatic rings. The van der Waals surface area contributed by atoms with E-state index in [-0.39, 0.29) is 18.7 Å². The van der Waals surface area contributed by atoms with E-state index in [9.17, 15) is 4.79 Å². The maximum atomic E-state index is 12.4. The second-order valence-electron chi connectivity index (χ2n) is 6.05. The third-order valence-corrected chi connectivity index (χ3v) is 4.68. The number of carbonyl (C=O) groups excluding carboxylic acids is 1. The highest BCUT2D eigenvalue weighted by Gasteiger charge is 2.24. The van der Waals surface area contributed by atoms with Crippen LogP contribution in [-0.2, 0) is 11.3 Å². The lowest BCUT2D eigenvalue weighted by Crippen LogP contribution is -2.53. The molecule has 126 valence electrons. The van der Waals surface area contributed by atoms with Crippen molar-refractivity contribution < 1.29 is 14.3 Å². The summed E-state index contributed by atoms with van der Waals surface area (Å²) in [6.45, 7) is 10.00. The summed E-state index contributed by atoms with van der Waals surface area (Å²) in [5, 5.41) is 3.02. The molecule has 0 bridgehead atoms. The van der Waals surface area contributed by atoms with Gasteiger partial charge in [-0.1, -0.05) is 13.0 Å². The topological polar surface area (TPSA) is 54.0 Å². The minimum absolute atomic E-state index is 0.0765. The molecule has 1 saturated heterocycles. The molecule has 1 aromatic carbocycles. The molecule has 1 atom stereocenters. The van der Waals surface area contributed by atoms with Gasteiger partial charge in [0.25, 0.3) is 0 Å². The van der Waals surface area contributed by atoms with E-state index in [2.05, 4.69) is 22.0 Å². The fourth-order valence-corrected chi connectivity index (χ4v) is 3.02. The van der Waals surface area contributed by atoms with Crippen molar-refractivity contribution in [1.29, 1.82) is 0 Å². The second-order valence-corrected chi connectivity index (χ2v) is 6.05. The molecule has 0 unspecified atom stereocenters. The number of ether oxygens (including phenoxy) is 2. The van der Waals surface area contributed by atoms with E-state index < -0.39 is 0 Å². The number of amides is 1. The summed E-state index contributed by atoms with van der Waals surface area (Å²) in [7, 11) is 0. The first kappa shape index (κ1) is 16.1. The Hall–Kier alpha value is -1.79. The van der Waals surface area contributed by atoms with Gasteiger partial charge in [-0.05, 0) is 31.2 Å². The monoisotopic (exact) mass is 319 g/mol. The standard InChI is InChI=1S/C17H25N3O3/c1-3-19-6-8-20(9-7-19)13(2)17(21)18-11-14-4-5-15-16(10-14)23-12-22-15/h4-5,10,13H,3,6-9,11-12H2,1-2H3,(H,18,21)/t13-/m1/s1. The number of carbonyl (C=O) groups is 1. The van der Waals surface area contributed by atoms with E-state index in [1.807, 2.05) is 25.1 Å². The van der Waals surface area contributed by atoms with E-state index in [1.54, 1.807) is 0 Å². The summed E-state index contributed by atoms with van der Waals surface area (Å²) in [6.07, 6.45) is 0. The zero-order valence-corrected chi connectivity index (χ0v) is 13.9. The third kappa shape index (κ3) is 3.76. The first-order valence-corrected chi connectivity index (χ1v) is 8.30. The number of nitrogens with zero attached hydrogens (tertiary/aromatic N) is 2. The Bertz CT molecular complexity index is 556. The lowest BCUT2D eigenvalue weighted by molar-refractivity contribution is -0.126. The minimum Gasteiger partial charge on any atom is -0.454 e. The van der Waals surface area contributed by atoms with Gasteiger partial charge in [-0.25, -0.2) is 0 Å². The van der Waals surface area contributed by atoms with Gasteiger partial charge < -0.3 is 19.7 Å². The van der Waals surface area contributed by atoms with Crippen LogP contribution < -0.4 is 14.8 Å². The molecule has 0 aliphatic carbocycles. The Morgan fingerprint density at radius 2 is 1.96 bits per heavy atom. The van der Waals surface area contributed by atoms with E-state index in [4.69, 9.17) is 9.47 Å². The number of rotatable bonds is 5. The van der Waals surface area contributed by atoms with Crippen LogP contribution in [0.25, 0.3) is 0 Å². The van der Waals surface area contributed by atoms with Crippen LogP contribution in [0.15, 0.2) is 18.2 Å². The highest BCUT2D eigenvalue weighted by molar-refractivity contribution is 5.81. The first-order chi connectivity index (χ1) is 11.2. The van der Waals surface area contributed by atoms with E-state index in [0.29, 0.717) is 6.54 Å². The number of nitrogens with one attached hydrogen (secondary N) is 1. The van der Waals surface area contributed by atoms with Gasteiger partial charge >= 0.3 is 0 Å². The van der Waals surface area contributed by atoms with Gasteiger partial charge in [0.2, 0.25) is 12.7 Å². The van der Waals surface area contributed by atoms with Crippen molar-refractivity contribution in [2.24, 2.45) is 0 Å². The van der Waals surface area contributed by atoms with E-state index in [0.717, 1.165) is 49.8 Å². The Kier molecular flexibility index (Phi) is 5.03. The van der Waals surface area contributed by atoms with E-state index >= 15 is 0 Å². The number of piperazine rings is 1. The Labute approximate surface area is 137 Å². The number of likely N-dealkylation sites (N-methyl/N-ethyl adjacent to an activating group) is 1. The minimum atomic E-state index is -0.0944. The third-order valence-electron chi connectivity index (χ3n) is 4.68. The molecule has 1 N–H and O–H groups in total. The molecule has 0 radical (unpaired) electrons. The number of hydrogen-bond acceptors (Lipinski definition) is 5. The molecule has 0 saturated carbocycles. The SMILES string of the molecule is CCN1CCN([C@H](C)C(=O)NCc2ccc3c(c2)OCO3)CC1. The van der Waals surface area contributed by atoms with Gasteiger partial charge in [0.1, 0.15) is 0 Å². The maximum absolute atomic E-state index is 12.4. The Balaban J connectivity index is 1.49. The zero-order valence-electron chi connectivity index (χ0n) is 13.9. The van der Waals surface area contributed by atoms with Crippen molar-refractivity contribution in [2.45, 2.75) is 26.4 Å². The van der Waals surface area contributed by atoms with Gasteiger partial charge in [-0.2, -0.15) is 0 Å². The van der Waals surface area contributed by atoms with Crippen LogP contribution >= 0.6 is 0 Å². The van der Waals surface area contributed by atoms with Crippen molar-refractivity contribution in [3.05, 3.63) is 23.8 Å². The molecule has 0 spiro atoms. The molecule has 1 amide bonds. The summed E-state index contributed by atoms with van der Waals surface area (Å²) < 4.78 is 10.7. The summed E-state index contributed by atoms with van der Waals surface area (Å²) in [6, 6.07) is 5.67. The van der Waals surface area contributed by atoms with Gasteiger partial charge in [0.15, 0.2) is 11.5 Å². The largest absolute Gasteiger partial charge is 0.454 e. The molecular weight excluding hydrogens is 294 g/mol. The Morgan fingerprint density at radius 3 is 2.70 bits per heavy atom. The van der Waals surface area contributed by atoms with Crippen molar-refractivity contribution >= 4 is 5.91 Å². The highest BCUT2D eigenvalue weighted by atomic mass is 16.7. The molecule has 2 heterocycles. The molecule has 0 aromatic heterocycles. The molecule has 1 fully saturated rings. The molecule has 2 aliphatic rings. The smallest absolute Gasteiger partial charge is 0.237 e. The highest BCUT2D eigenvalue weighted by Crippen LogP contribution is 2.32. The molecule has 6 nitrogen and oxygen atoms in total. The van der Waals surface area contributed by atoms with Gasteiger partial charge in [-0.3, -0.25) is 9.69 Å². The quantitative estimate of drug-likeness (QED) is 0.879. The van der Waals surface area contributed by atoms with Crippen LogP contribution in [0.2, 0.25) is 0 Å². The average molecular weight is 319 g/mol. The van der Waals surface area contributed by atoms with Crippen LogP contribution in [0.5, 0.6) is 11.5 Å². The molecular formula is C17H25N3O3. The summed E-state index contributed by atoms with van der Waals surface area (Å²) in [5.41, 5.74) is 1.02. The number of benzene rings is 1. The van der Waals surface area contributed by atoms with Gasteiger partial charge in [0.05, 0.1) is 6.04 Å². The Morgan fingerprint density at radius 1 is 1.22 bits per heavy atom. The van der Waals surface area contributed by atoms with Crippen LogP contribution in [0, 0.1) is 0 Å². The number of hydrogen-bond donors (Lipinski definition) is 1. The van der Waals surface area contributed by atoms with Crippen molar-refractivity contribution in [2.75, 3.05) is 39.5 Å². The summed E-state index contributed by atoms with van der Waals surface area (Å²) in [4.78, 5) is 17.0. The van der Waals surface area contributed by atoms with Crippen molar-refractivity contribution in [3.63, 3.8) is 0 Å². The van der Waals surface area contributed by atoms with E-state index in [1.165, 1.54) is 0 Å². The molecule has 3 rings (SSSR count). The number of fused-ring (bicyclic) bond motifs is 1. The molecule has 23 heavy (non-hydrogen) atoms. The molecule has 6 heteroatoms. The summed E-state index contributed by atoms with van der Waals surface area (Å²) >= 11 is 0. The zero-order chi connectivity index (χ0) is 16.2. The van der Waals surface area contributed by atoms with Crippen LogP contribution in [0.3, 0.4) is 0 Å². The fraction of sp³-hybridized carbons (Fsp3) is 0.588. The normalized spacial score (nSPS) is 19.6. The van der Waals surface area contributed by atoms with Crippen molar-refractivity contribution in [3.8, 4) is 11.5 Å². The predicted octanol–water partition coefficient (Wildman–Crippen LogP) is 1.06. The predicted molar refractivity (Wildman–Crippen MR) is 87.6 cm³/mol. The average Bonchev–Trinajstić information content (AvgIpc) is 3.06. The lowest BCUT2D eigenvalue weighted by atomic mass is 10.2. The van der Waals surface area contributed by atoms with Gasteiger partial charge in [-0.15, -0.1) is 0 Å². The second kappa shape index (κ2) is 7.19. The molecule has 2 aliphatic heterocycles. The fourth-order valence-electron chi connectivity index (χ4n) is 3.02.